The monoisotopic (exact) mass is 403 g/mol. The van der Waals surface area contributed by atoms with E-state index in [1.807, 2.05) is 42.5 Å². The average Bonchev–Trinajstić information content (AvgIpc) is 2.71. The van der Waals surface area contributed by atoms with E-state index in [0.717, 1.165) is 53.5 Å². The Morgan fingerprint density at radius 2 is 1.60 bits per heavy atom. The summed E-state index contributed by atoms with van der Waals surface area (Å²) < 4.78 is 0. The van der Waals surface area contributed by atoms with E-state index in [9.17, 15) is 9.59 Å². The Morgan fingerprint density at radius 3 is 2.27 bits per heavy atom. The smallest absolute Gasteiger partial charge is 0.246 e. The number of benzene rings is 2. The van der Waals surface area contributed by atoms with Gasteiger partial charge in [0, 0.05) is 11.4 Å². The van der Waals surface area contributed by atoms with Gasteiger partial charge in [-0.3, -0.25) is 9.59 Å². The van der Waals surface area contributed by atoms with Crippen LogP contribution in [0.3, 0.4) is 0 Å². The van der Waals surface area contributed by atoms with E-state index >= 15 is 0 Å². The van der Waals surface area contributed by atoms with E-state index in [0.29, 0.717) is 5.71 Å². The van der Waals surface area contributed by atoms with Crippen LogP contribution in [0.25, 0.3) is 10.8 Å². The van der Waals surface area contributed by atoms with E-state index in [1.165, 1.54) is 19.3 Å². The first-order chi connectivity index (χ1) is 14.5. The molecule has 0 aromatic heterocycles. The Kier molecular flexibility index (Phi) is 4.84. The number of fused-ring (bicyclic) bond motifs is 1. The molecule has 5 heteroatoms. The van der Waals surface area contributed by atoms with Crippen LogP contribution in [0.5, 0.6) is 0 Å². The Labute approximate surface area is 177 Å². The van der Waals surface area contributed by atoms with Gasteiger partial charge in [-0.05, 0) is 86.1 Å². The van der Waals surface area contributed by atoms with Crippen molar-refractivity contribution in [3.63, 3.8) is 0 Å². The van der Waals surface area contributed by atoms with Gasteiger partial charge in [-0.25, -0.2) is 5.43 Å². The molecule has 0 radical (unpaired) electrons. The standard InChI is InChI=1S/C25H29N3O2/c1-16(8-23(29)26-22-7-6-20-4-2-3-5-21(20)12-22)27-28-24(30)25-13-17-9-18(14-25)11-19(10-17)15-25/h2-7,12,17-19H,8-11,13-15H2,1H3,(H,26,29)(H,28,30)/b27-16-. The highest BCUT2D eigenvalue weighted by Crippen LogP contribution is 2.60. The minimum Gasteiger partial charge on any atom is -0.326 e. The number of anilines is 1. The molecule has 0 aliphatic heterocycles. The van der Waals surface area contributed by atoms with Gasteiger partial charge in [-0.1, -0.05) is 30.3 Å². The third-order valence-corrected chi connectivity index (χ3v) is 7.32. The van der Waals surface area contributed by atoms with Crippen LogP contribution < -0.4 is 10.7 Å². The Hall–Kier alpha value is -2.69. The molecule has 4 fully saturated rings. The maximum atomic E-state index is 13.0. The van der Waals surface area contributed by atoms with Gasteiger partial charge in [0.25, 0.3) is 0 Å². The third kappa shape index (κ3) is 3.73. The molecule has 4 bridgehead atoms. The second-order valence-electron chi connectivity index (χ2n) is 9.77. The second-order valence-corrected chi connectivity index (χ2v) is 9.77. The van der Waals surface area contributed by atoms with Crippen LogP contribution in [0, 0.1) is 23.2 Å². The molecule has 4 saturated carbocycles. The molecule has 4 aliphatic rings. The van der Waals surface area contributed by atoms with Crippen molar-refractivity contribution in [3.05, 3.63) is 42.5 Å². The van der Waals surface area contributed by atoms with E-state index in [2.05, 4.69) is 15.8 Å². The molecule has 0 unspecified atom stereocenters. The lowest BCUT2D eigenvalue weighted by atomic mass is 9.49. The second kappa shape index (κ2) is 7.53. The number of nitrogens with zero attached hydrogens (tertiary/aromatic N) is 1. The fraction of sp³-hybridized carbons (Fsp3) is 0.480. The van der Waals surface area contributed by atoms with Crippen molar-refractivity contribution in [1.82, 2.24) is 5.43 Å². The van der Waals surface area contributed by atoms with Crippen LogP contribution in [0.4, 0.5) is 5.69 Å². The number of carbonyl (C=O) groups excluding carboxylic acids is 2. The molecule has 30 heavy (non-hydrogen) atoms. The zero-order valence-corrected chi connectivity index (χ0v) is 17.5. The number of amides is 2. The van der Waals surface area contributed by atoms with Crippen LogP contribution in [-0.2, 0) is 9.59 Å². The highest BCUT2D eigenvalue weighted by molar-refractivity contribution is 6.06. The minimum atomic E-state index is -0.216. The highest BCUT2D eigenvalue weighted by Gasteiger charge is 2.54. The molecule has 0 atom stereocenters. The molecule has 156 valence electrons. The first-order valence-electron chi connectivity index (χ1n) is 11.1. The van der Waals surface area contributed by atoms with Crippen molar-refractivity contribution in [3.8, 4) is 0 Å². The molecule has 6 rings (SSSR count). The van der Waals surface area contributed by atoms with Crippen molar-refractivity contribution in [2.45, 2.75) is 51.9 Å². The minimum absolute atomic E-state index is 0.0656. The molecular formula is C25H29N3O2. The van der Waals surface area contributed by atoms with Crippen molar-refractivity contribution in [2.24, 2.45) is 28.3 Å². The van der Waals surface area contributed by atoms with Gasteiger partial charge in [0.15, 0.2) is 0 Å². The maximum Gasteiger partial charge on any atom is 0.246 e. The molecular weight excluding hydrogens is 374 g/mol. The van der Waals surface area contributed by atoms with Gasteiger partial charge in [0.05, 0.1) is 11.8 Å². The van der Waals surface area contributed by atoms with Gasteiger partial charge in [0.2, 0.25) is 11.8 Å². The summed E-state index contributed by atoms with van der Waals surface area (Å²) in [6.45, 7) is 1.79. The van der Waals surface area contributed by atoms with Gasteiger partial charge < -0.3 is 5.32 Å². The largest absolute Gasteiger partial charge is 0.326 e. The molecule has 0 heterocycles. The van der Waals surface area contributed by atoms with Gasteiger partial charge in [-0.2, -0.15) is 5.10 Å². The zero-order valence-electron chi connectivity index (χ0n) is 17.5. The number of nitrogens with one attached hydrogen (secondary N) is 2. The summed E-state index contributed by atoms with van der Waals surface area (Å²) in [5.74, 6) is 2.10. The summed E-state index contributed by atoms with van der Waals surface area (Å²) in [6, 6.07) is 13.9. The van der Waals surface area contributed by atoms with Crippen LogP contribution in [0.2, 0.25) is 0 Å². The van der Waals surface area contributed by atoms with Crippen LogP contribution in [0.15, 0.2) is 47.6 Å². The SMILES string of the molecule is C/C(CC(=O)Nc1ccc2ccccc2c1)=N/NC(=O)C12CC3CC(CC(C3)C1)C2. The molecule has 5 nitrogen and oxygen atoms in total. The van der Waals surface area contributed by atoms with Crippen LogP contribution in [-0.4, -0.2) is 17.5 Å². The zero-order chi connectivity index (χ0) is 20.7. The van der Waals surface area contributed by atoms with Gasteiger partial charge in [0.1, 0.15) is 0 Å². The van der Waals surface area contributed by atoms with Crippen LogP contribution >= 0.6 is 0 Å². The van der Waals surface area contributed by atoms with Gasteiger partial charge in [-0.15, -0.1) is 0 Å². The molecule has 4 aliphatic carbocycles. The topological polar surface area (TPSA) is 70.6 Å². The van der Waals surface area contributed by atoms with E-state index in [1.54, 1.807) is 6.92 Å². The van der Waals surface area contributed by atoms with E-state index < -0.39 is 0 Å². The predicted octanol–water partition coefficient (Wildman–Crippen LogP) is 4.88. The quantitative estimate of drug-likeness (QED) is 0.552. The first-order valence-corrected chi connectivity index (χ1v) is 11.1. The Balaban J connectivity index is 1.18. The summed E-state index contributed by atoms with van der Waals surface area (Å²) in [5.41, 5.74) is 3.97. The summed E-state index contributed by atoms with van der Waals surface area (Å²) >= 11 is 0. The molecule has 0 saturated heterocycles. The summed E-state index contributed by atoms with van der Waals surface area (Å²) in [7, 11) is 0. The van der Waals surface area contributed by atoms with E-state index in [-0.39, 0.29) is 23.7 Å². The lowest BCUT2D eigenvalue weighted by Gasteiger charge is -2.55. The van der Waals surface area contributed by atoms with Crippen LogP contribution in [0.1, 0.15) is 51.9 Å². The Bertz CT molecular complexity index is 991. The predicted molar refractivity (Wildman–Crippen MR) is 119 cm³/mol. The van der Waals surface area contributed by atoms with Crippen molar-refractivity contribution >= 4 is 34.0 Å². The van der Waals surface area contributed by atoms with Crippen molar-refractivity contribution in [1.29, 1.82) is 0 Å². The number of hydrogen-bond acceptors (Lipinski definition) is 3. The molecule has 2 aromatic rings. The fourth-order valence-corrected chi connectivity index (χ4v) is 6.40. The van der Waals surface area contributed by atoms with E-state index in [4.69, 9.17) is 0 Å². The summed E-state index contributed by atoms with van der Waals surface area (Å²) in [4.78, 5) is 25.4. The lowest BCUT2D eigenvalue weighted by Crippen LogP contribution is -2.52. The normalized spacial score (nSPS) is 29.8. The highest BCUT2D eigenvalue weighted by atomic mass is 16.2. The number of rotatable bonds is 5. The summed E-state index contributed by atoms with van der Waals surface area (Å²) in [5, 5.41) is 9.42. The van der Waals surface area contributed by atoms with Gasteiger partial charge >= 0.3 is 0 Å². The molecule has 0 spiro atoms. The number of carbonyl (C=O) groups is 2. The molecule has 2 aromatic carbocycles. The average molecular weight is 404 g/mol. The number of hydrogen-bond donors (Lipinski definition) is 2. The first kappa shape index (κ1) is 19.3. The number of hydrazone groups is 1. The maximum absolute atomic E-state index is 13.0. The third-order valence-electron chi connectivity index (χ3n) is 7.32. The molecule has 2 amide bonds. The Morgan fingerprint density at radius 1 is 0.967 bits per heavy atom. The van der Waals surface area contributed by atoms with Crippen molar-refractivity contribution < 1.29 is 9.59 Å². The van der Waals surface area contributed by atoms with Crippen molar-refractivity contribution in [2.75, 3.05) is 5.32 Å². The molecule has 2 N–H and O–H groups in total. The summed E-state index contributed by atoms with van der Waals surface area (Å²) in [6.07, 6.45) is 7.14. The fourth-order valence-electron chi connectivity index (χ4n) is 6.40. The lowest BCUT2D eigenvalue weighted by molar-refractivity contribution is -0.146.